The van der Waals surface area contributed by atoms with Gasteiger partial charge in [0, 0.05) is 0 Å². The van der Waals surface area contributed by atoms with Crippen molar-refractivity contribution in [2.45, 2.75) is 26.2 Å². The zero-order chi connectivity index (χ0) is 11.3. The van der Waals surface area contributed by atoms with E-state index in [-0.39, 0.29) is 5.41 Å². The minimum Gasteiger partial charge on any atom is -0.487 e. The first-order valence-electron chi connectivity index (χ1n) is 5.56. The summed E-state index contributed by atoms with van der Waals surface area (Å²) >= 11 is 0. The van der Waals surface area contributed by atoms with Gasteiger partial charge in [-0.15, -0.1) is 0 Å². The normalized spacial score (nSPS) is 11.5. The number of hydrogen-bond donors (Lipinski definition) is 1. The van der Waals surface area contributed by atoms with Gasteiger partial charge < -0.3 is 10.1 Å². The van der Waals surface area contributed by atoms with E-state index in [1.54, 1.807) is 0 Å². The van der Waals surface area contributed by atoms with E-state index in [0.29, 0.717) is 0 Å². The van der Waals surface area contributed by atoms with Gasteiger partial charge in [0.05, 0.1) is 7.05 Å². The number of benzene rings is 1. The lowest BCUT2D eigenvalue weighted by Crippen LogP contribution is -2.80. The second-order valence-electron chi connectivity index (χ2n) is 4.79. The lowest BCUT2D eigenvalue weighted by Gasteiger charge is -2.22. The van der Waals surface area contributed by atoms with Crippen LogP contribution in [0.2, 0.25) is 0 Å². The number of quaternary nitrogens is 1. The van der Waals surface area contributed by atoms with E-state index >= 15 is 0 Å². The summed E-state index contributed by atoms with van der Waals surface area (Å²) in [6, 6.07) is 8.29. The van der Waals surface area contributed by atoms with Crippen LogP contribution in [-0.4, -0.2) is 20.2 Å². The molecule has 0 bridgehead atoms. The van der Waals surface area contributed by atoms with Gasteiger partial charge in [-0.25, -0.2) is 0 Å². The van der Waals surface area contributed by atoms with Gasteiger partial charge in [-0.2, -0.15) is 0 Å². The summed E-state index contributed by atoms with van der Waals surface area (Å²) in [5.41, 5.74) is 1.42. The van der Waals surface area contributed by atoms with Gasteiger partial charge in [0.25, 0.3) is 0 Å². The van der Waals surface area contributed by atoms with Gasteiger partial charge in [0.2, 0.25) is 0 Å². The second-order valence-corrected chi connectivity index (χ2v) is 4.79. The molecular formula is C13H22NO+. The third-order valence-electron chi connectivity index (χ3n) is 2.36. The maximum atomic E-state index is 5.77. The second kappa shape index (κ2) is 5.17. The van der Waals surface area contributed by atoms with Crippen molar-refractivity contribution in [3.8, 4) is 5.75 Å². The molecule has 2 nitrogen and oxygen atoms in total. The molecule has 0 aliphatic carbocycles. The lowest BCUT2D eigenvalue weighted by molar-refractivity contribution is -0.627. The zero-order valence-electron chi connectivity index (χ0n) is 10.2. The minimum atomic E-state index is 0.145. The topological polar surface area (TPSA) is 25.8 Å². The maximum Gasteiger partial charge on any atom is 0.137 e. The van der Waals surface area contributed by atoms with Crippen molar-refractivity contribution >= 4 is 0 Å². The predicted octanol–water partition coefficient (Wildman–Crippen LogP) is 1.56. The van der Waals surface area contributed by atoms with E-state index in [0.717, 1.165) is 18.9 Å². The molecule has 0 spiro atoms. The number of rotatable bonds is 4. The van der Waals surface area contributed by atoms with Crippen LogP contribution in [0.15, 0.2) is 24.3 Å². The van der Waals surface area contributed by atoms with Crippen LogP contribution in [0.25, 0.3) is 0 Å². The van der Waals surface area contributed by atoms with Crippen molar-refractivity contribution in [1.82, 2.24) is 0 Å². The van der Waals surface area contributed by atoms with Gasteiger partial charge in [-0.3, -0.25) is 0 Å². The Bertz CT molecular complexity index is 302. The van der Waals surface area contributed by atoms with Crippen LogP contribution in [0, 0.1) is 0 Å². The first kappa shape index (κ1) is 12.1. The molecule has 1 aromatic rings. The average Bonchev–Trinajstić information content (AvgIpc) is 2.17. The molecule has 2 N–H and O–H groups in total. The molecule has 0 radical (unpaired) electrons. The largest absolute Gasteiger partial charge is 0.487 e. The molecule has 0 atom stereocenters. The molecule has 0 saturated heterocycles. The van der Waals surface area contributed by atoms with E-state index in [2.05, 4.69) is 51.3 Å². The van der Waals surface area contributed by atoms with Crippen LogP contribution in [0.5, 0.6) is 5.75 Å². The van der Waals surface area contributed by atoms with E-state index in [9.17, 15) is 0 Å². The van der Waals surface area contributed by atoms with Gasteiger partial charge in [0.1, 0.15) is 18.9 Å². The van der Waals surface area contributed by atoms with Crippen LogP contribution < -0.4 is 10.1 Å². The van der Waals surface area contributed by atoms with Crippen molar-refractivity contribution in [2.24, 2.45) is 0 Å². The SMILES string of the molecule is C[NH2+]CCOc1ccccc1C(C)(C)C. The Balaban J connectivity index is 2.78. The Morgan fingerprint density at radius 3 is 2.47 bits per heavy atom. The number of para-hydroxylation sites is 1. The Hall–Kier alpha value is -1.02. The number of hydrogen-bond acceptors (Lipinski definition) is 1. The van der Waals surface area contributed by atoms with Gasteiger partial charge in [-0.05, 0) is 17.0 Å². The average molecular weight is 208 g/mol. The fourth-order valence-corrected chi connectivity index (χ4v) is 1.50. The van der Waals surface area contributed by atoms with Gasteiger partial charge in [-0.1, -0.05) is 39.0 Å². The molecule has 84 valence electrons. The molecule has 0 fully saturated rings. The van der Waals surface area contributed by atoms with Crippen LogP contribution in [-0.2, 0) is 5.41 Å². The predicted molar refractivity (Wildman–Crippen MR) is 63.4 cm³/mol. The van der Waals surface area contributed by atoms with E-state index in [4.69, 9.17) is 4.74 Å². The highest BCUT2D eigenvalue weighted by Crippen LogP contribution is 2.30. The van der Waals surface area contributed by atoms with Crippen molar-refractivity contribution in [3.05, 3.63) is 29.8 Å². The summed E-state index contributed by atoms with van der Waals surface area (Å²) in [6.45, 7) is 8.39. The summed E-state index contributed by atoms with van der Waals surface area (Å²) in [6.07, 6.45) is 0. The van der Waals surface area contributed by atoms with Crippen molar-refractivity contribution < 1.29 is 10.1 Å². The molecule has 0 heterocycles. The van der Waals surface area contributed by atoms with Crippen LogP contribution in [0.3, 0.4) is 0 Å². The molecular weight excluding hydrogens is 186 g/mol. The van der Waals surface area contributed by atoms with Crippen LogP contribution >= 0.6 is 0 Å². The first-order chi connectivity index (χ1) is 7.05. The molecule has 1 rings (SSSR count). The Morgan fingerprint density at radius 2 is 1.87 bits per heavy atom. The van der Waals surface area contributed by atoms with E-state index < -0.39 is 0 Å². The van der Waals surface area contributed by atoms with Gasteiger partial charge in [0.15, 0.2) is 0 Å². The minimum absolute atomic E-state index is 0.145. The summed E-state index contributed by atoms with van der Waals surface area (Å²) in [4.78, 5) is 0. The van der Waals surface area contributed by atoms with Crippen molar-refractivity contribution in [3.63, 3.8) is 0 Å². The van der Waals surface area contributed by atoms with Crippen LogP contribution in [0.4, 0.5) is 0 Å². The molecule has 15 heavy (non-hydrogen) atoms. The van der Waals surface area contributed by atoms with Crippen molar-refractivity contribution in [1.29, 1.82) is 0 Å². The highest BCUT2D eigenvalue weighted by molar-refractivity contribution is 5.38. The third-order valence-corrected chi connectivity index (χ3v) is 2.36. The molecule has 0 saturated carbocycles. The molecule has 0 aromatic heterocycles. The standard InChI is InChI=1S/C13H21NO/c1-13(2,3)11-7-5-6-8-12(11)15-10-9-14-4/h5-8,14H,9-10H2,1-4H3/p+1. The fraction of sp³-hybridized carbons (Fsp3) is 0.538. The molecule has 1 aromatic carbocycles. The summed E-state index contributed by atoms with van der Waals surface area (Å²) in [7, 11) is 2.05. The van der Waals surface area contributed by atoms with E-state index in [1.807, 2.05) is 6.07 Å². The zero-order valence-corrected chi connectivity index (χ0v) is 10.2. The monoisotopic (exact) mass is 208 g/mol. The first-order valence-corrected chi connectivity index (χ1v) is 5.56. The maximum absolute atomic E-state index is 5.77. The summed E-state index contributed by atoms with van der Waals surface area (Å²) in [5.74, 6) is 1.02. The summed E-state index contributed by atoms with van der Waals surface area (Å²) < 4.78 is 5.77. The molecule has 0 aliphatic heterocycles. The number of nitrogens with two attached hydrogens (primary N) is 1. The van der Waals surface area contributed by atoms with Gasteiger partial charge >= 0.3 is 0 Å². The molecule has 0 unspecified atom stereocenters. The number of likely N-dealkylation sites (N-methyl/N-ethyl adjacent to an activating group) is 1. The third kappa shape index (κ3) is 3.56. The van der Waals surface area contributed by atoms with E-state index in [1.165, 1.54) is 5.56 Å². The highest BCUT2D eigenvalue weighted by atomic mass is 16.5. The lowest BCUT2D eigenvalue weighted by atomic mass is 9.86. The fourth-order valence-electron chi connectivity index (χ4n) is 1.50. The highest BCUT2D eigenvalue weighted by Gasteiger charge is 2.18. The number of ether oxygens (including phenoxy) is 1. The molecule has 2 heteroatoms. The summed E-state index contributed by atoms with van der Waals surface area (Å²) in [5, 5.41) is 2.12. The molecule has 0 aliphatic rings. The Morgan fingerprint density at radius 1 is 1.20 bits per heavy atom. The molecule has 0 amide bonds. The smallest absolute Gasteiger partial charge is 0.137 e. The van der Waals surface area contributed by atoms with Crippen molar-refractivity contribution in [2.75, 3.05) is 20.2 Å². The Kier molecular flexibility index (Phi) is 4.15. The van der Waals surface area contributed by atoms with Crippen LogP contribution in [0.1, 0.15) is 26.3 Å². The Labute approximate surface area is 92.6 Å². The quantitative estimate of drug-likeness (QED) is 0.747.